The van der Waals surface area contributed by atoms with E-state index in [4.69, 9.17) is 14.3 Å². The predicted octanol–water partition coefficient (Wildman–Crippen LogP) is 4.29. The third-order valence-electron chi connectivity index (χ3n) is 5.47. The maximum atomic E-state index is 13.5. The second-order valence-electron chi connectivity index (χ2n) is 8.27. The predicted molar refractivity (Wildman–Crippen MR) is 136 cm³/mol. The van der Waals surface area contributed by atoms with Gasteiger partial charge < -0.3 is 24.9 Å². The van der Waals surface area contributed by atoms with Crippen molar-refractivity contribution in [2.24, 2.45) is 0 Å². The summed E-state index contributed by atoms with van der Waals surface area (Å²) in [7, 11) is -1.92. The summed E-state index contributed by atoms with van der Waals surface area (Å²) >= 11 is 0. The number of carboxylic acid groups (broad SMARTS) is 1. The Morgan fingerprint density at radius 2 is 1.73 bits per heavy atom. The number of sulfone groups is 1. The number of hydrogen-bond acceptors (Lipinski definition) is 7. The average molecular weight is 527 g/mol. The molecule has 0 saturated heterocycles. The Morgan fingerprint density at radius 1 is 1.05 bits per heavy atom. The summed E-state index contributed by atoms with van der Waals surface area (Å²) in [5.74, 6) is -1.86. The largest absolute Gasteiger partial charge is 0.487 e. The fourth-order valence-electron chi connectivity index (χ4n) is 3.65. The number of carbonyl (C=O) groups is 2. The van der Waals surface area contributed by atoms with Gasteiger partial charge in [-0.3, -0.25) is 4.79 Å². The fourth-order valence-corrected chi connectivity index (χ4v) is 4.07. The van der Waals surface area contributed by atoms with Crippen LogP contribution < -0.4 is 15.4 Å². The van der Waals surface area contributed by atoms with E-state index in [1.165, 1.54) is 49.5 Å². The van der Waals surface area contributed by atoms with E-state index in [2.05, 4.69) is 10.6 Å². The van der Waals surface area contributed by atoms with Crippen LogP contribution in [-0.4, -0.2) is 44.6 Å². The second kappa shape index (κ2) is 10.3. The van der Waals surface area contributed by atoms with Gasteiger partial charge in [0.05, 0.1) is 16.8 Å². The summed E-state index contributed by atoms with van der Waals surface area (Å²) in [6, 6.07) is 14.7. The molecule has 11 heteroatoms. The molecule has 0 aliphatic carbocycles. The van der Waals surface area contributed by atoms with Gasteiger partial charge in [-0.2, -0.15) is 0 Å². The van der Waals surface area contributed by atoms with Gasteiger partial charge in [-0.05, 0) is 48.0 Å². The summed E-state index contributed by atoms with van der Waals surface area (Å²) in [5.41, 5.74) is 2.07. The zero-order valence-electron chi connectivity index (χ0n) is 19.9. The summed E-state index contributed by atoms with van der Waals surface area (Å²) in [6.45, 7) is 0.0386. The lowest BCUT2D eigenvalue weighted by atomic mass is 10.0. The first-order chi connectivity index (χ1) is 17.6. The molecule has 0 radical (unpaired) electrons. The first-order valence-corrected chi connectivity index (χ1v) is 13.1. The van der Waals surface area contributed by atoms with Crippen molar-refractivity contribution in [3.8, 4) is 17.1 Å². The molecule has 0 atom stereocenters. The number of aromatic carboxylic acids is 1. The van der Waals surface area contributed by atoms with Crippen molar-refractivity contribution in [1.82, 2.24) is 5.32 Å². The van der Waals surface area contributed by atoms with E-state index >= 15 is 0 Å². The molecule has 1 heterocycles. The maximum Gasteiger partial charge on any atom is 0.335 e. The highest BCUT2D eigenvalue weighted by Crippen LogP contribution is 2.39. The number of nitrogens with one attached hydrogen (secondary N) is 2. The standard InChI is InChI=1S/C26H23FN2O7S/c1-28-25(30)23-19-11-22(35-13-15-3-5-17(6-4-15)26(31)32)20(29-14-37(2,33)34)12-21(19)36-24(23)16-7-9-18(27)10-8-16/h3-12,29H,13-14H2,1-2H3,(H,28,30)(H,31,32). The highest BCUT2D eigenvalue weighted by molar-refractivity contribution is 7.90. The van der Waals surface area contributed by atoms with E-state index in [0.29, 0.717) is 22.2 Å². The van der Waals surface area contributed by atoms with Crippen LogP contribution in [-0.2, 0) is 16.4 Å². The number of anilines is 1. The van der Waals surface area contributed by atoms with Crippen LogP contribution in [0.3, 0.4) is 0 Å². The van der Waals surface area contributed by atoms with E-state index in [1.807, 2.05) is 0 Å². The van der Waals surface area contributed by atoms with E-state index < -0.39 is 27.5 Å². The Hall–Kier alpha value is -4.38. The summed E-state index contributed by atoms with van der Waals surface area (Å²) in [6.07, 6.45) is 1.08. The molecule has 0 fully saturated rings. The quantitative estimate of drug-likeness (QED) is 0.294. The number of furan rings is 1. The Balaban J connectivity index is 1.80. The molecule has 4 rings (SSSR count). The number of benzene rings is 3. The Morgan fingerprint density at radius 3 is 2.32 bits per heavy atom. The monoisotopic (exact) mass is 526 g/mol. The number of fused-ring (bicyclic) bond motifs is 1. The molecule has 0 unspecified atom stereocenters. The van der Waals surface area contributed by atoms with Crippen molar-refractivity contribution in [2.75, 3.05) is 24.5 Å². The first-order valence-electron chi connectivity index (χ1n) is 11.0. The van der Waals surface area contributed by atoms with Crippen molar-refractivity contribution in [3.63, 3.8) is 0 Å². The lowest BCUT2D eigenvalue weighted by Crippen LogP contribution is -2.18. The first kappa shape index (κ1) is 25.7. The van der Waals surface area contributed by atoms with Crippen LogP contribution in [0.1, 0.15) is 26.3 Å². The molecule has 4 aromatic rings. The van der Waals surface area contributed by atoms with Gasteiger partial charge in [-0.1, -0.05) is 12.1 Å². The van der Waals surface area contributed by atoms with E-state index in [9.17, 15) is 22.4 Å². The molecule has 0 aliphatic heterocycles. The number of carbonyl (C=O) groups excluding carboxylic acids is 1. The number of halogens is 1. The third kappa shape index (κ3) is 5.89. The highest BCUT2D eigenvalue weighted by Gasteiger charge is 2.24. The topological polar surface area (TPSA) is 135 Å². The van der Waals surface area contributed by atoms with Gasteiger partial charge in [0.15, 0.2) is 9.84 Å². The van der Waals surface area contributed by atoms with Crippen LogP contribution in [0.25, 0.3) is 22.3 Å². The van der Waals surface area contributed by atoms with Gasteiger partial charge in [-0.25, -0.2) is 17.6 Å². The highest BCUT2D eigenvalue weighted by atomic mass is 32.2. The van der Waals surface area contributed by atoms with Gasteiger partial charge >= 0.3 is 5.97 Å². The molecule has 0 bridgehead atoms. The molecule has 0 saturated carbocycles. The zero-order valence-corrected chi connectivity index (χ0v) is 20.7. The van der Waals surface area contributed by atoms with Gasteiger partial charge in [0, 0.05) is 30.3 Å². The molecule has 192 valence electrons. The van der Waals surface area contributed by atoms with Crippen LogP contribution in [0, 0.1) is 5.82 Å². The normalized spacial score (nSPS) is 11.3. The molecule has 1 aromatic heterocycles. The van der Waals surface area contributed by atoms with Crippen LogP contribution in [0.5, 0.6) is 5.75 Å². The fraction of sp³-hybridized carbons (Fsp3) is 0.154. The second-order valence-corrected chi connectivity index (χ2v) is 10.4. The van der Waals surface area contributed by atoms with E-state index in [1.54, 1.807) is 18.2 Å². The van der Waals surface area contributed by atoms with Crippen molar-refractivity contribution < 1.29 is 36.7 Å². The lowest BCUT2D eigenvalue weighted by molar-refractivity contribution is 0.0696. The van der Waals surface area contributed by atoms with Crippen LogP contribution in [0.15, 0.2) is 65.1 Å². The number of hydrogen-bond donors (Lipinski definition) is 3. The van der Waals surface area contributed by atoms with Gasteiger partial charge in [-0.15, -0.1) is 0 Å². The summed E-state index contributed by atoms with van der Waals surface area (Å²) < 4.78 is 49.0. The number of amides is 1. The molecule has 1 amide bonds. The van der Waals surface area contributed by atoms with Crippen LogP contribution in [0.4, 0.5) is 10.1 Å². The van der Waals surface area contributed by atoms with Crippen LogP contribution in [0.2, 0.25) is 0 Å². The maximum absolute atomic E-state index is 13.5. The molecular formula is C26H23FN2O7S. The Kier molecular flexibility index (Phi) is 7.16. The minimum absolute atomic E-state index is 0.0386. The molecule has 9 nitrogen and oxygen atoms in total. The van der Waals surface area contributed by atoms with Gasteiger partial charge in [0.25, 0.3) is 5.91 Å². The molecule has 3 N–H and O–H groups in total. The minimum Gasteiger partial charge on any atom is -0.487 e. The van der Waals surface area contributed by atoms with Gasteiger partial charge in [0.2, 0.25) is 0 Å². The molecule has 0 aliphatic rings. The number of rotatable bonds is 9. The molecule has 37 heavy (non-hydrogen) atoms. The van der Waals surface area contributed by atoms with Crippen molar-refractivity contribution >= 4 is 38.4 Å². The van der Waals surface area contributed by atoms with Crippen molar-refractivity contribution in [1.29, 1.82) is 0 Å². The van der Waals surface area contributed by atoms with E-state index in [-0.39, 0.29) is 40.7 Å². The van der Waals surface area contributed by atoms with Crippen molar-refractivity contribution in [3.05, 3.63) is 83.2 Å². The zero-order chi connectivity index (χ0) is 26.7. The lowest BCUT2D eigenvalue weighted by Gasteiger charge is -2.14. The molecule has 0 spiro atoms. The SMILES string of the molecule is CNC(=O)c1c(-c2ccc(F)cc2)oc2cc(NCS(C)(=O)=O)c(OCc3ccc(C(=O)O)cc3)cc12. The average Bonchev–Trinajstić information content (AvgIpc) is 3.23. The van der Waals surface area contributed by atoms with Crippen LogP contribution >= 0.6 is 0 Å². The number of carboxylic acids is 1. The molecule has 3 aromatic carbocycles. The summed E-state index contributed by atoms with van der Waals surface area (Å²) in [4.78, 5) is 23.9. The Labute approximate surface area is 211 Å². The van der Waals surface area contributed by atoms with Crippen molar-refractivity contribution in [2.45, 2.75) is 6.61 Å². The third-order valence-corrected chi connectivity index (χ3v) is 6.14. The minimum atomic E-state index is -3.39. The number of ether oxygens (including phenoxy) is 1. The Bertz CT molecular complexity index is 1580. The van der Waals surface area contributed by atoms with E-state index in [0.717, 1.165) is 6.26 Å². The van der Waals surface area contributed by atoms with Gasteiger partial charge in [0.1, 0.15) is 35.4 Å². The summed E-state index contributed by atoms with van der Waals surface area (Å²) in [5, 5.41) is 14.9. The molecular weight excluding hydrogens is 503 g/mol. The smallest absolute Gasteiger partial charge is 0.335 e.